The number of benzene rings is 1. The molecule has 2 rings (SSSR count). The molecule has 0 radical (unpaired) electrons. The predicted molar refractivity (Wildman–Crippen MR) is 75.8 cm³/mol. The lowest BCUT2D eigenvalue weighted by Gasteiger charge is -2.11. The Kier molecular flexibility index (Phi) is 4.39. The SMILES string of the molecule is CC(C)OCCn1ccc2cccc(CCN)c21. The first-order chi connectivity index (χ1) is 8.72. The summed E-state index contributed by atoms with van der Waals surface area (Å²) in [5.41, 5.74) is 8.30. The second-order valence-electron chi connectivity index (χ2n) is 4.82. The van der Waals surface area contributed by atoms with E-state index in [1.165, 1.54) is 16.5 Å². The summed E-state index contributed by atoms with van der Waals surface area (Å²) in [6.07, 6.45) is 3.34. The lowest BCUT2D eigenvalue weighted by molar-refractivity contribution is 0.0733. The summed E-state index contributed by atoms with van der Waals surface area (Å²) in [5.74, 6) is 0. The van der Waals surface area contributed by atoms with E-state index in [4.69, 9.17) is 10.5 Å². The Hall–Kier alpha value is -1.32. The summed E-state index contributed by atoms with van der Waals surface area (Å²) in [7, 11) is 0. The van der Waals surface area contributed by atoms with Crippen molar-refractivity contribution >= 4 is 10.9 Å². The van der Waals surface area contributed by atoms with Crippen LogP contribution in [0.4, 0.5) is 0 Å². The second-order valence-corrected chi connectivity index (χ2v) is 4.82. The maximum absolute atomic E-state index is 5.68. The number of nitrogens with zero attached hydrogens (tertiary/aromatic N) is 1. The number of ether oxygens (including phenoxy) is 1. The number of para-hydroxylation sites is 1. The summed E-state index contributed by atoms with van der Waals surface area (Å²) in [6, 6.07) is 8.57. The van der Waals surface area contributed by atoms with Crippen LogP contribution in [0.2, 0.25) is 0 Å². The van der Waals surface area contributed by atoms with E-state index in [0.29, 0.717) is 6.54 Å². The van der Waals surface area contributed by atoms with Gasteiger partial charge < -0.3 is 15.0 Å². The fourth-order valence-electron chi connectivity index (χ4n) is 2.27. The predicted octanol–water partition coefficient (Wildman–Crippen LogP) is 2.57. The van der Waals surface area contributed by atoms with Crippen LogP contribution in [0.25, 0.3) is 10.9 Å². The van der Waals surface area contributed by atoms with Gasteiger partial charge in [0.15, 0.2) is 0 Å². The monoisotopic (exact) mass is 246 g/mol. The quantitative estimate of drug-likeness (QED) is 0.851. The largest absolute Gasteiger partial charge is 0.377 e. The highest BCUT2D eigenvalue weighted by Crippen LogP contribution is 2.20. The summed E-state index contributed by atoms with van der Waals surface area (Å²) < 4.78 is 7.88. The molecule has 3 nitrogen and oxygen atoms in total. The van der Waals surface area contributed by atoms with E-state index in [-0.39, 0.29) is 6.10 Å². The lowest BCUT2D eigenvalue weighted by Crippen LogP contribution is -2.11. The van der Waals surface area contributed by atoms with Gasteiger partial charge in [0.2, 0.25) is 0 Å². The Morgan fingerprint density at radius 1 is 1.28 bits per heavy atom. The summed E-state index contributed by atoms with van der Waals surface area (Å²) >= 11 is 0. The molecule has 1 aromatic carbocycles. The minimum Gasteiger partial charge on any atom is -0.377 e. The van der Waals surface area contributed by atoms with Crippen molar-refractivity contribution in [1.82, 2.24) is 4.57 Å². The molecule has 3 heteroatoms. The van der Waals surface area contributed by atoms with Gasteiger partial charge in [0.25, 0.3) is 0 Å². The van der Waals surface area contributed by atoms with Gasteiger partial charge in [-0.15, -0.1) is 0 Å². The highest BCUT2D eigenvalue weighted by atomic mass is 16.5. The van der Waals surface area contributed by atoms with Gasteiger partial charge in [-0.2, -0.15) is 0 Å². The van der Waals surface area contributed by atoms with E-state index in [1.54, 1.807) is 0 Å². The topological polar surface area (TPSA) is 40.2 Å². The Labute approximate surface area is 109 Å². The molecule has 0 atom stereocenters. The normalized spacial score (nSPS) is 11.6. The molecule has 0 spiro atoms. The van der Waals surface area contributed by atoms with Gasteiger partial charge in [-0.1, -0.05) is 18.2 Å². The minimum atomic E-state index is 0.287. The van der Waals surface area contributed by atoms with E-state index >= 15 is 0 Å². The molecule has 0 bridgehead atoms. The van der Waals surface area contributed by atoms with Crippen molar-refractivity contribution in [3.63, 3.8) is 0 Å². The molecule has 0 saturated heterocycles. The first-order valence-corrected chi connectivity index (χ1v) is 6.60. The number of nitrogens with two attached hydrogens (primary N) is 1. The first-order valence-electron chi connectivity index (χ1n) is 6.60. The first kappa shape index (κ1) is 13.1. The van der Waals surface area contributed by atoms with Crippen molar-refractivity contribution < 1.29 is 4.74 Å². The van der Waals surface area contributed by atoms with E-state index in [1.807, 2.05) is 0 Å². The molecule has 1 heterocycles. The van der Waals surface area contributed by atoms with Gasteiger partial charge in [-0.25, -0.2) is 0 Å². The van der Waals surface area contributed by atoms with Crippen LogP contribution in [0.1, 0.15) is 19.4 Å². The van der Waals surface area contributed by atoms with Crippen LogP contribution >= 0.6 is 0 Å². The fraction of sp³-hybridized carbons (Fsp3) is 0.467. The Morgan fingerprint density at radius 2 is 2.11 bits per heavy atom. The van der Waals surface area contributed by atoms with Crippen molar-refractivity contribution in [1.29, 1.82) is 0 Å². The van der Waals surface area contributed by atoms with E-state index in [2.05, 4.69) is 48.9 Å². The van der Waals surface area contributed by atoms with Crippen molar-refractivity contribution in [2.24, 2.45) is 5.73 Å². The molecule has 0 aliphatic heterocycles. The molecule has 0 aliphatic rings. The van der Waals surface area contributed by atoms with E-state index < -0.39 is 0 Å². The highest BCUT2D eigenvalue weighted by Gasteiger charge is 2.06. The van der Waals surface area contributed by atoms with Gasteiger partial charge in [0.05, 0.1) is 18.2 Å². The fourth-order valence-corrected chi connectivity index (χ4v) is 2.27. The van der Waals surface area contributed by atoms with Crippen LogP contribution in [0, 0.1) is 0 Å². The third-order valence-corrected chi connectivity index (χ3v) is 3.07. The van der Waals surface area contributed by atoms with Crippen LogP contribution in [0.3, 0.4) is 0 Å². The number of rotatable bonds is 6. The lowest BCUT2D eigenvalue weighted by atomic mass is 10.1. The zero-order chi connectivity index (χ0) is 13.0. The maximum atomic E-state index is 5.68. The standard InChI is InChI=1S/C15H22N2O/c1-12(2)18-11-10-17-9-7-14-5-3-4-13(6-8-16)15(14)17/h3-5,7,9,12H,6,8,10-11,16H2,1-2H3. The molecule has 2 aromatic rings. The van der Waals surface area contributed by atoms with Crippen molar-refractivity contribution in [2.45, 2.75) is 32.9 Å². The van der Waals surface area contributed by atoms with Gasteiger partial charge in [0.1, 0.15) is 0 Å². The van der Waals surface area contributed by atoms with Crippen molar-refractivity contribution in [2.75, 3.05) is 13.2 Å². The molecule has 0 fully saturated rings. The molecule has 0 unspecified atom stereocenters. The zero-order valence-electron chi connectivity index (χ0n) is 11.2. The third-order valence-electron chi connectivity index (χ3n) is 3.07. The van der Waals surface area contributed by atoms with Crippen LogP contribution in [0.15, 0.2) is 30.5 Å². The average Bonchev–Trinajstić information content (AvgIpc) is 2.74. The molecule has 1 aromatic heterocycles. The molecule has 98 valence electrons. The molecule has 18 heavy (non-hydrogen) atoms. The smallest absolute Gasteiger partial charge is 0.0649 e. The van der Waals surface area contributed by atoms with Crippen LogP contribution in [-0.2, 0) is 17.7 Å². The molecule has 0 amide bonds. The van der Waals surface area contributed by atoms with Crippen LogP contribution in [0.5, 0.6) is 0 Å². The molecule has 0 saturated carbocycles. The summed E-state index contributed by atoms with van der Waals surface area (Å²) in [5, 5.41) is 1.28. The minimum absolute atomic E-state index is 0.287. The van der Waals surface area contributed by atoms with Crippen LogP contribution < -0.4 is 5.73 Å². The Bertz CT molecular complexity index is 502. The van der Waals surface area contributed by atoms with Gasteiger partial charge >= 0.3 is 0 Å². The van der Waals surface area contributed by atoms with Gasteiger partial charge in [-0.05, 0) is 43.8 Å². The number of fused-ring (bicyclic) bond motifs is 1. The van der Waals surface area contributed by atoms with Crippen molar-refractivity contribution in [3.05, 3.63) is 36.0 Å². The van der Waals surface area contributed by atoms with E-state index in [0.717, 1.165) is 19.6 Å². The van der Waals surface area contributed by atoms with Gasteiger partial charge in [0, 0.05) is 12.7 Å². The zero-order valence-corrected chi connectivity index (χ0v) is 11.2. The van der Waals surface area contributed by atoms with E-state index in [9.17, 15) is 0 Å². The van der Waals surface area contributed by atoms with Crippen molar-refractivity contribution in [3.8, 4) is 0 Å². The molecular weight excluding hydrogens is 224 g/mol. The number of aromatic nitrogens is 1. The average molecular weight is 246 g/mol. The van der Waals surface area contributed by atoms with Crippen LogP contribution in [-0.4, -0.2) is 23.8 Å². The Morgan fingerprint density at radius 3 is 2.83 bits per heavy atom. The molecular formula is C15H22N2O. The third kappa shape index (κ3) is 2.92. The summed E-state index contributed by atoms with van der Waals surface area (Å²) in [6.45, 7) is 6.45. The molecule has 0 aliphatic carbocycles. The number of hydrogen-bond donors (Lipinski definition) is 1. The highest BCUT2D eigenvalue weighted by molar-refractivity contribution is 5.83. The molecule has 2 N–H and O–H groups in total. The Balaban J connectivity index is 2.22. The maximum Gasteiger partial charge on any atom is 0.0649 e. The van der Waals surface area contributed by atoms with Gasteiger partial charge in [-0.3, -0.25) is 0 Å². The second kappa shape index (κ2) is 6.03. The summed E-state index contributed by atoms with van der Waals surface area (Å²) in [4.78, 5) is 0. The number of hydrogen-bond acceptors (Lipinski definition) is 2.